The molecule has 0 saturated heterocycles. The van der Waals surface area contributed by atoms with Crippen LogP contribution in [0.4, 0.5) is 13.6 Å². The van der Waals surface area contributed by atoms with Crippen molar-refractivity contribution in [2.75, 3.05) is 13.7 Å². The molecule has 0 aliphatic heterocycles. The zero-order valence-electron chi connectivity index (χ0n) is 13.2. The number of nitrogens with one attached hydrogen (secondary N) is 1. The molecule has 1 atom stereocenters. The van der Waals surface area contributed by atoms with Gasteiger partial charge in [-0.15, -0.1) is 0 Å². The number of rotatable bonds is 5. The molecule has 1 aromatic rings. The first-order chi connectivity index (χ1) is 10.2. The number of halogens is 2. The Labute approximate surface area is 128 Å². The van der Waals surface area contributed by atoms with Crippen molar-refractivity contribution in [1.82, 2.24) is 5.32 Å². The lowest BCUT2D eigenvalue weighted by molar-refractivity contribution is 0.0505. The maximum Gasteiger partial charge on any atom is 0.407 e. The Bertz CT molecular complexity index is 530. The van der Waals surface area contributed by atoms with Gasteiger partial charge in [0.2, 0.25) is 5.82 Å². The van der Waals surface area contributed by atoms with Crippen molar-refractivity contribution in [3.63, 3.8) is 0 Å². The molecule has 1 unspecified atom stereocenters. The summed E-state index contributed by atoms with van der Waals surface area (Å²) in [6.45, 7) is 5.33. The molecular formula is C15H22F2N2O3. The van der Waals surface area contributed by atoms with Gasteiger partial charge in [-0.05, 0) is 38.8 Å². The molecule has 124 valence electrons. The third kappa shape index (κ3) is 5.14. The molecule has 0 saturated carbocycles. The van der Waals surface area contributed by atoms with E-state index in [9.17, 15) is 13.6 Å². The van der Waals surface area contributed by atoms with Crippen molar-refractivity contribution in [2.24, 2.45) is 5.73 Å². The molecule has 0 bridgehead atoms. The average molecular weight is 316 g/mol. The van der Waals surface area contributed by atoms with Crippen LogP contribution in [0.15, 0.2) is 12.1 Å². The minimum Gasteiger partial charge on any atom is -0.493 e. The summed E-state index contributed by atoms with van der Waals surface area (Å²) in [5, 5.41) is 2.60. The van der Waals surface area contributed by atoms with E-state index in [0.717, 1.165) is 6.07 Å². The van der Waals surface area contributed by atoms with Gasteiger partial charge in [0.15, 0.2) is 11.6 Å². The number of ether oxygens (including phenoxy) is 2. The molecule has 22 heavy (non-hydrogen) atoms. The Balaban J connectivity index is 2.83. The molecule has 1 rings (SSSR count). The van der Waals surface area contributed by atoms with E-state index in [2.05, 4.69) is 5.32 Å². The molecule has 0 aliphatic rings. The van der Waals surface area contributed by atoms with Gasteiger partial charge in [-0.2, -0.15) is 4.39 Å². The van der Waals surface area contributed by atoms with Crippen LogP contribution in [-0.4, -0.2) is 31.4 Å². The van der Waals surface area contributed by atoms with Gasteiger partial charge in [0.1, 0.15) is 5.60 Å². The second-order valence-corrected chi connectivity index (χ2v) is 5.84. The van der Waals surface area contributed by atoms with E-state index in [4.69, 9.17) is 15.2 Å². The van der Waals surface area contributed by atoms with Crippen molar-refractivity contribution in [2.45, 2.75) is 38.8 Å². The van der Waals surface area contributed by atoms with Crippen LogP contribution in [0.25, 0.3) is 0 Å². The number of benzene rings is 1. The fraction of sp³-hybridized carbons (Fsp3) is 0.533. The van der Waals surface area contributed by atoms with Gasteiger partial charge < -0.3 is 20.5 Å². The van der Waals surface area contributed by atoms with Crippen LogP contribution in [0.2, 0.25) is 0 Å². The normalized spacial score (nSPS) is 12.7. The van der Waals surface area contributed by atoms with Gasteiger partial charge in [0.25, 0.3) is 0 Å². The number of hydrogen-bond donors (Lipinski definition) is 2. The number of nitrogens with two attached hydrogens (primary N) is 1. The van der Waals surface area contributed by atoms with Crippen molar-refractivity contribution >= 4 is 6.09 Å². The van der Waals surface area contributed by atoms with E-state index in [1.807, 2.05) is 0 Å². The first kappa shape index (κ1) is 18.2. The quantitative estimate of drug-likeness (QED) is 0.874. The van der Waals surface area contributed by atoms with Gasteiger partial charge >= 0.3 is 6.09 Å². The van der Waals surface area contributed by atoms with Crippen LogP contribution in [0.1, 0.15) is 26.3 Å². The number of carbonyl (C=O) groups is 1. The number of alkyl carbamates (subject to hydrolysis) is 1. The van der Waals surface area contributed by atoms with Crippen molar-refractivity contribution in [1.29, 1.82) is 0 Å². The summed E-state index contributed by atoms with van der Waals surface area (Å²) in [5.41, 5.74) is 5.39. The van der Waals surface area contributed by atoms with Crippen LogP contribution in [-0.2, 0) is 11.2 Å². The van der Waals surface area contributed by atoms with E-state index in [1.165, 1.54) is 13.2 Å². The number of carbonyl (C=O) groups excluding carboxylic acids is 1. The predicted octanol–water partition coefficient (Wildman–Crippen LogP) is 2.37. The molecular weight excluding hydrogens is 294 g/mol. The first-order valence-corrected chi connectivity index (χ1v) is 6.88. The largest absolute Gasteiger partial charge is 0.493 e. The van der Waals surface area contributed by atoms with Crippen molar-refractivity contribution < 1.29 is 23.0 Å². The highest BCUT2D eigenvalue weighted by molar-refractivity contribution is 5.68. The van der Waals surface area contributed by atoms with Gasteiger partial charge in [0, 0.05) is 12.6 Å². The SMILES string of the molecule is COc1c(CC(CN)NC(=O)OC(C)(C)C)ccc(F)c1F. The van der Waals surface area contributed by atoms with E-state index < -0.39 is 29.4 Å². The summed E-state index contributed by atoms with van der Waals surface area (Å²) >= 11 is 0. The van der Waals surface area contributed by atoms with Crippen LogP contribution in [0.3, 0.4) is 0 Å². The third-order valence-corrected chi connectivity index (χ3v) is 2.81. The number of methoxy groups -OCH3 is 1. The minimum atomic E-state index is -1.06. The monoisotopic (exact) mass is 316 g/mol. The maximum absolute atomic E-state index is 13.7. The fourth-order valence-electron chi connectivity index (χ4n) is 1.89. The first-order valence-electron chi connectivity index (χ1n) is 6.88. The predicted molar refractivity (Wildman–Crippen MR) is 78.8 cm³/mol. The topological polar surface area (TPSA) is 73.6 Å². The highest BCUT2D eigenvalue weighted by Crippen LogP contribution is 2.25. The second-order valence-electron chi connectivity index (χ2n) is 5.84. The zero-order chi connectivity index (χ0) is 16.9. The number of amides is 1. The summed E-state index contributed by atoms with van der Waals surface area (Å²) in [6, 6.07) is 1.92. The van der Waals surface area contributed by atoms with Crippen LogP contribution in [0.5, 0.6) is 5.75 Å². The third-order valence-electron chi connectivity index (χ3n) is 2.81. The Morgan fingerprint density at radius 1 is 1.36 bits per heavy atom. The molecule has 0 radical (unpaired) electrons. The van der Waals surface area contributed by atoms with Crippen LogP contribution >= 0.6 is 0 Å². The molecule has 0 spiro atoms. The molecule has 3 N–H and O–H groups in total. The van der Waals surface area contributed by atoms with Crippen LogP contribution < -0.4 is 15.8 Å². The Morgan fingerprint density at radius 2 is 2.00 bits per heavy atom. The van der Waals surface area contributed by atoms with E-state index in [0.29, 0.717) is 5.56 Å². The zero-order valence-corrected chi connectivity index (χ0v) is 13.2. The van der Waals surface area contributed by atoms with Crippen molar-refractivity contribution in [3.8, 4) is 5.75 Å². The summed E-state index contributed by atoms with van der Waals surface area (Å²) in [6.07, 6.45) is -0.430. The lowest BCUT2D eigenvalue weighted by Crippen LogP contribution is -2.44. The molecule has 0 fully saturated rings. The van der Waals surface area contributed by atoms with E-state index in [-0.39, 0.29) is 18.7 Å². The smallest absolute Gasteiger partial charge is 0.407 e. The van der Waals surface area contributed by atoms with E-state index in [1.54, 1.807) is 20.8 Å². The molecule has 1 amide bonds. The van der Waals surface area contributed by atoms with Gasteiger partial charge in [-0.3, -0.25) is 0 Å². The fourth-order valence-corrected chi connectivity index (χ4v) is 1.89. The molecule has 0 aliphatic carbocycles. The molecule has 5 nitrogen and oxygen atoms in total. The second kappa shape index (κ2) is 7.40. The van der Waals surface area contributed by atoms with Gasteiger partial charge in [-0.25, -0.2) is 9.18 Å². The lowest BCUT2D eigenvalue weighted by atomic mass is 10.0. The maximum atomic E-state index is 13.7. The summed E-state index contributed by atoms with van der Waals surface area (Å²) in [4.78, 5) is 11.7. The molecule has 0 heterocycles. The van der Waals surface area contributed by atoms with E-state index >= 15 is 0 Å². The standard InChI is InChI=1S/C15H22F2N2O3/c1-15(2,3)22-14(20)19-10(8-18)7-9-5-6-11(16)12(17)13(9)21-4/h5-6,10H,7-8,18H2,1-4H3,(H,19,20). The minimum absolute atomic E-state index is 0.112. The average Bonchev–Trinajstić information content (AvgIpc) is 2.40. The van der Waals surface area contributed by atoms with Crippen LogP contribution in [0, 0.1) is 11.6 Å². The number of hydrogen-bond acceptors (Lipinski definition) is 4. The molecule has 7 heteroatoms. The Morgan fingerprint density at radius 3 is 2.50 bits per heavy atom. The lowest BCUT2D eigenvalue weighted by Gasteiger charge is -2.23. The molecule has 1 aromatic carbocycles. The summed E-state index contributed by atoms with van der Waals surface area (Å²) < 4.78 is 36.9. The van der Waals surface area contributed by atoms with Gasteiger partial charge in [0.05, 0.1) is 7.11 Å². The Kier molecular flexibility index (Phi) is 6.11. The molecule has 0 aromatic heterocycles. The highest BCUT2D eigenvalue weighted by Gasteiger charge is 2.21. The Hall–Kier alpha value is -1.89. The van der Waals surface area contributed by atoms with Crippen molar-refractivity contribution in [3.05, 3.63) is 29.3 Å². The highest BCUT2D eigenvalue weighted by atomic mass is 19.2. The van der Waals surface area contributed by atoms with Gasteiger partial charge in [-0.1, -0.05) is 6.07 Å². The summed E-state index contributed by atoms with van der Waals surface area (Å²) in [7, 11) is 1.25. The summed E-state index contributed by atoms with van der Waals surface area (Å²) in [5.74, 6) is -2.25.